The lowest BCUT2D eigenvalue weighted by atomic mass is 10.2. The van der Waals surface area contributed by atoms with Crippen LogP contribution in [0.15, 0.2) is 71.3 Å². The summed E-state index contributed by atoms with van der Waals surface area (Å²) >= 11 is 3.05. The molecule has 0 saturated heterocycles. The Labute approximate surface area is 159 Å². The van der Waals surface area contributed by atoms with Crippen molar-refractivity contribution in [2.24, 2.45) is 0 Å². The zero-order chi connectivity index (χ0) is 17.8. The minimum absolute atomic E-state index is 0.0481. The van der Waals surface area contributed by atoms with Crippen LogP contribution in [0.3, 0.4) is 0 Å². The molecular formula is C19H16N4OS2. The van der Waals surface area contributed by atoms with E-state index in [0.717, 1.165) is 15.9 Å². The second-order valence-corrected chi connectivity index (χ2v) is 7.54. The first-order valence-electron chi connectivity index (χ1n) is 8.11. The van der Waals surface area contributed by atoms with Crippen molar-refractivity contribution in [3.8, 4) is 10.7 Å². The van der Waals surface area contributed by atoms with Crippen molar-refractivity contribution in [2.45, 2.75) is 11.7 Å². The predicted molar refractivity (Wildman–Crippen MR) is 105 cm³/mol. The summed E-state index contributed by atoms with van der Waals surface area (Å²) in [6, 6.07) is 17.9. The second kappa shape index (κ2) is 7.72. The van der Waals surface area contributed by atoms with Crippen LogP contribution in [0.2, 0.25) is 0 Å². The molecule has 3 aromatic heterocycles. The molecule has 0 bridgehead atoms. The molecule has 0 aliphatic carbocycles. The van der Waals surface area contributed by atoms with Gasteiger partial charge in [0, 0.05) is 6.20 Å². The molecule has 0 fully saturated rings. The Morgan fingerprint density at radius 2 is 1.96 bits per heavy atom. The van der Waals surface area contributed by atoms with Crippen molar-refractivity contribution in [1.82, 2.24) is 19.7 Å². The highest BCUT2D eigenvalue weighted by atomic mass is 32.2. The van der Waals surface area contributed by atoms with Crippen molar-refractivity contribution >= 4 is 28.9 Å². The van der Waals surface area contributed by atoms with E-state index >= 15 is 0 Å². The van der Waals surface area contributed by atoms with Gasteiger partial charge in [-0.2, -0.15) is 0 Å². The topological polar surface area (TPSA) is 63.6 Å². The Balaban J connectivity index is 1.60. The Morgan fingerprint density at radius 1 is 1.08 bits per heavy atom. The molecule has 3 heterocycles. The maximum absolute atomic E-state index is 12.3. The van der Waals surface area contributed by atoms with E-state index in [2.05, 4.69) is 31.9 Å². The van der Waals surface area contributed by atoms with Crippen LogP contribution < -0.4 is 0 Å². The zero-order valence-corrected chi connectivity index (χ0v) is 15.5. The number of carbonyl (C=O) groups excluding carboxylic acids is 1. The van der Waals surface area contributed by atoms with Crippen LogP contribution in [-0.4, -0.2) is 31.3 Å². The number of nitrogens with zero attached hydrogens (tertiary/aromatic N) is 3. The van der Waals surface area contributed by atoms with Crippen molar-refractivity contribution < 1.29 is 4.79 Å². The number of nitrogens with one attached hydrogen (secondary N) is 1. The lowest BCUT2D eigenvalue weighted by Gasteiger charge is -2.09. The maximum Gasteiger partial charge on any atom is 0.192 e. The molecule has 5 nitrogen and oxygen atoms in total. The number of Topliss-reactive ketones (excluding diaryl/α,β-unsaturated/α-hetero) is 1. The number of ketones is 1. The van der Waals surface area contributed by atoms with Gasteiger partial charge in [-0.25, -0.2) is 0 Å². The molecule has 0 atom stereocenters. The van der Waals surface area contributed by atoms with Gasteiger partial charge < -0.3 is 4.98 Å². The van der Waals surface area contributed by atoms with Crippen LogP contribution in [-0.2, 0) is 6.54 Å². The van der Waals surface area contributed by atoms with E-state index in [1.54, 1.807) is 23.6 Å². The van der Waals surface area contributed by atoms with Crippen LogP contribution in [0.4, 0.5) is 0 Å². The Hall–Kier alpha value is -2.64. The molecule has 0 aliphatic heterocycles. The number of thioether (sulfide) groups is 1. The number of thiophene rings is 1. The van der Waals surface area contributed by atoms with Gasteiger partial charge in [-0.3, -0.25) is 9.36 Å². The van der Waals surface area contributed by atoms with E-state index < -0.39 is 0 Å². The number of benzene rings is 1. The molecule has 4 aromatic rings. The Bertz CT molecular complexity index is 976. The van der Waals surface area contributed by atoms with Crippen LogP contribution in [0, 0.1) is 0 Å². The molecular weight excluding hydrogens is 364 g/mol. The molecule has 0 saturated carbocycles. The summed E-state index contributed by atoms with van der Waals surface area (Å²) in [5.74, 6) is 1.20. The highest BCUT2D eigenvalue weighted by Gasteiger charge is 2.17. The standard InChI is InChI=1S/C19H16N4OS2/c24-16(15-8-4-10-20-15)13-26-19-22-21-18(17-9-5-11-25-17)23(19)12-14-6-2-1-3-7-14/h1-11,20H,12-13H2. The number of carbonyl (C=O) groups is 1. The molecule has 4 rings (SSSR count). The van der Waals surface area contributed by atoms with Crippen LogP contribution in [0.1, 0.15) is 16.1 Å². The quantitative estimate of drug-likeness (QED) is 0.382. The van der Waals surface area contributed by atoms with Crippen molar-refractivity contribution in [3.05, 3.63) is 77.4 Å². The van der Waals surface area contributed by atoms with E-state index in [0.29, 0.717) is 18.0 Å². The lowest BCUT2D eigenvalue weighted by Crippen LogP contribution is -2.07. The number of hydrogen-bond donors (Lipinski definition) is 1. The fourth-order valence-corrected chi connectivity index (χ4v) is 4.14. The highest BCUT2D eigenvalue weighted by molar-refractivity contribution is 7.99. The zero-order valence-electron chi connectivity index (χ0n) is 13.8. The fourth-order valence-electron chi connectivity index (χ4n) is 2.60. The van der Waals surface area contributed by atoms with Gasteiger partial charge in [-0.1, -0.05) is 48.2 Å². The van der Waals surface area contributed by atoms with Crippen LogP contribution >= 0.6 is 23.1 Å². The fraction of sp³-hybridized carbons (Fsp3) is 0.105. The third kappa shape index (κ3) is 3.63. The monoisotopic (exact) mass is 380 g/mol. The predicted octanol–water partition coefficient (Wildman–Crippen LogP) is 4.36. The molecule has 1 N–H and O–H groups in total. The van der Waals surface area contributed by atoms with Crippen LogP contribution in [0.25, 0.3) is 10.7 Å². The molecule has 0 amide bonds. The number of aromatic nitrogens is 4. The number of rotatable bonds is 7. The van der Waals surface area contributed by atoms with Gasteiger partial charge in [0.15, 0.2) is 16.8 Å². The molecule has 26 heavy (non-hydrogen) atoms. The Kier molecular flexibility index (Phi) is 4.99. The van der Waals surface area contributed by atoms with Gasteiger partial charge in [0.2, 0.25) is 0 Å². The average Bonchev–Trinajstić information content (AvgIpc) is 3.42. The summed E-state index contributed by atoms with van der Waals surface area (Å²) in [6.45, 7) is 0.667. The summed E-state index contributed by atoms with van der Waals surface area (Å²) < 4.78 is 2.08. The third-order valence-electron chi connectivity index (χ3n) is 3.87. The lowest BCUT2D eigenvalue weighted by molar-refractivity contribution is 0.101. The Morgan fingerprint density at radius 3 is 2.69 bits per heavy atom. The molecule has 0 spiro atoms. The third-order valence-corrected chi connectivity index (χ3v) is 5.71. The summed E-state index contributed by atoms with van der Waals surface area (Å²) in [4.78, 5) is 16.3. The number of aromatic amines is 1. The van der Waals surface area contributed by atoms with E-state index in [-0.39, 0.29) is 5.78 Å². The average molecular weight is 380 g/mol. The summed E-state index contributed by atoms with van der Waals surface area (Å²) in [5.41, 5.74) is 1.78. The van der Waals surface area contributed by atoms with Gasteiger partial charge in [-0.15, -0.1) is 21.5 Å². The largest absolute Gasteiger partial charge is 0.359 e. The first-order valence-corrected chi connectivity index (χ1v) is 9.98. The summed E-state index contributed by atoms with van der Waals surface area (Å²) in [7, 11) is 0. The van der Waals surface area contributed by atoms with E-state index in [1.807, 2.05) is 41.8 Å². The normalized spacial score (nSPS) is 10.9. The first-order chi connectivity index (χ1) is 12.8. The van der Waals surface area contributed by atoms with Gasteiger partial charge in [0.1, 0.15) is 0 Å². The van der Waals surface area contributed by atoms with Gasteiger partial charge in [0.25, 0.3) is 0 Å². The molecule has 1 aromatic carbocycles. The molecule has 0 unspecified atom stereocenters. The maximum atomic E-state index is 12.3. The second-order valence-electron chi connectivity index (χ2n) is 5.65. The van der Waals surface area contributed by atoms with Gasteiger partial charge in [-0.05, 0) is 29.1 Å². The van der Waals surface area contributed by atoms with E-state index in [4.69, 9.17) is 0 Å². The van der Waals surface area contributed by atoms with E-state index in [1.165, 1.54) is 17.3 Å². The minimum Gasteiger partial charge on any atom is -0.359 e. The number of hydrogen-bond acceptors (Lipinski definition) is 5. The van der Waals surface area contributed by atoms with E-state index in [9.17, 15) is 4.79 Å². The molecule has 0 aliphatic rings. The van der Waals surface area contributed by atoms with Gasteiger partial charge in [0.05, 0.1) is 22.9 Å². The van der Waals surface area contributed by atoms with Crippen molar-refractivity contribution in [1.29, 1.82) is 0 Å². The van der Waals surface area contributed by atoms with Crippen molar-refractivity contribution in [2.75, 3.05) is 5.75 Å². The SMILES string of the molecule is O=C(CSc1nnc(-c2cccs2)n1Cc1ccccc1)c1ccc[nH]1. The molecule has 0 radical (unpaired) electrons. The van der Waals surface area contributed by atoms with Crippen molar-refractivity contribution in [3.63, 3.8) is 0 Å². The first kappa shape index (κ1) is 16.8. The van der Waals surface area contributed by atoms with Crippen LogP contribution in [0.5, 0.6) is 0 Å². The van der Waals surface area contributed by atoms with Gasteiger partial charge >= 0.3 is 0 Å². The highest BCUT2D eigenvalue weighted by Crippen LogP contribution is 2.28. The number of H-pyrrole nitrogens is 1. The molecule has 130 valence electrons. The summed E-state index contributed by atoms with van der Waals surface area (Å²) in [6.07, 6.45) is 1.75. The summed E-state index contributed by atoms with van der Waals surface area (Å²) in [5, 5.41) is 11.5. The molecule has 7 heteroatoms. The smallest absolute Gasteiger partial charge is 0.192 e. The minimum atomic E-state index is 0.0481.